The minimum Gasteiger partial charge on any atom is -0.338 e. The van der Waals surface area contributed by atoms with E-state index in [-0.39, 0.29) is 11.9 Å². The molecule has 3 rings (SSSR count). The van der Waals surface area contributed by atoms with Crippen molar-refractivity contribution in [3.63, 3.8) is 0 Å². The second kappa shape index (κ2) is 4.25. The first-order chi connectivity index (χ1) is 8.15. The van der Waals surface area contributed by atoms with Crippen molar-refractivity contribution >= 4 is 5.91 Å². The summed E-state index contributed by atoms with van der Waals surface area (Å²) in [6.07, 6.45) is 6.84. The van der Waals surface area contributed by atoms with E-state index in [1.54, 1.807) is 0 Å². The lowest BCUT2D eigenvalue weighted by Gasteiger charge is -2.49. The number of piperidine rings is 2. The third-order valence-corrected chi connectivity index (χ3v) is 4.94. The lowest BCUT2D eigenvalue weighted by Crippen LogP contribution is -2.55. The molecule has 2 bridgehead atoms. The van der Waals surface area contributed by atoms with Crippen LogP contribution in [0.2, 0.25) is 0 Å². The Bertz CT molecular complexity index is 306. The quantitative estimate of drug-likeness (QED) is 0.725. The number of carbonyl (C=O) groups is 1. The predicted octanol–water partition coefficient (Wildman–Crippen LogP) is 0.561. The van der Waals surface area contributed by atoms with Crippen molar-refractivity contribution in [3.05, 3.63) is 0 Å². The Morgan fingerprint density at radius 1 is 1.18 bits per heavy atom. The van der Waals surface area contributed by atoms with Crippen LogP contribution in [0.4, 0.5) is 0 Å². The summed E-state index contributed by atoms with van der Waals surface area (Å²) < 4.78 is 0. The van der Waals surface area contributed by atoms with Gasteiger partial charge >= 0.3 is 0 Å². The first-order valence-electron chi connectivity index (χ1n) is 6.92. The summed E-state index contributed by atoms with van der Waals surface area (Å²) in [5.41, 5.74) is 5.89. The lowest BCUT2D eigenvalue weighted by atomic mass is 9.82. The second-order valence-corrected chi connectivity index (χ2v) is 6.04. The molecule has 0 aliphatic carbocycles. The molecule has 3 aliphatic rings. The van der Waals surface area contributed by atoms with Gasteiger partial charge in [-0.25, -0.2) is 0 Å². The molecule has 3 aliphatic heterocycles. The van der Waals surface area contributed by atoms with E-state index in [4.69, 9.17) is 5.73 Å². The standard InChI is InChI=1S/C13H23N3O/c1-15-10-3-2-4-11(15)7-12(6-10)16-8-9(14)5-13(16)17/h9-12H,2-8,14H2,1H3. The van der Waals surface area contributed by atoms with Gasteiger partial charge in [-0.3, -0.25) is 4.79 Å². The number of rotatable bonds is 1. The van der Waals surface area contributed by atoms with Gasteiger partial charge in [0.15, 0.2) is 0 Å². The van der Waals surface area contributed by atoms with Crippen molar-refractivity contribution in [1.82, 2.24) is 9.80 Å². The fourth-order valence-corrected chi connectivity index (χ4v) is 3.95. The maximum atomic E-state index is 11.9. The van der Waals surface area contributed by atoms with Gasteiger partial charge in [0.2, 0.25) is 5.91 Å². The van der Waals surface area contributed by atoms with Crippen LogP contribution in [0.25, 0.3) is 0 Å². The van der Waals surface area contributed by atoms with Gasteiger partial charge < -0.3 is 15.5 Å². The van der Waals surface area contributed by atoms with E-state index in [1.165, 1.54) is 19.3 Å². The van der Waals surface area contributed by atoms with Crippen molar-refractivity contribution < 1.29 is 4.79 Å². The molecule has 3 atom stereocenters. The number of nitrogens with zero attached hydrogens (tertiary/aromatic N) is 2. The first kappa shape index (κ1) is 11.5. The molecule has 1 amide bonds. The highest BCUT2D eigenvalue weighted by Crippen LogP contribution is 2.35. The number of amides is 1. The monoisotopic (exact) mass is 237 g/mol. The number of fused-ring (bicyclic) bond motifs is 2. The molecule has 3 unspecified atom stereocenters. The topological polar surface area (TPSA) is 49.6 Å². The summed E-state index contributed by atoms with van der Waals surface area (Å²) in [4.78, 5) is 16.5. The molecule has 3 heterocycles. The van der Waals surface area contributed by atoms with Gasteiger partial charge in [-0.2, -0.15) is 0 Å². The van der Waals surface area contributed by atoms with Gasteiger partial charge in [0, 0.05) is 37.1 Å². The molecule has 2 N–H and O–H groups in total. The molecule has 4 heteroatoms. The van der Waals surface area contributed by atoms with Crippen molar-refractivity contribution in [3.8, 4) is 0 Å². The summed E-state index contributed by atoms with van der Waals surface area (Å²) in [7, 11) is 2.25. The normalized spacial score (nSPS) is 43.2. The molecule has 4 nitrogen and oxygen atoms in total. The smallest absolute Gasteiger partial charge is 0.224 e. The van der Waals surface area contributed by atoms with Crippen LogP contribution in [0.15, 0.2) is 0 Å². The van der Waals surface area contributed by atoms with Crippen LogP contribution in [0, 0.1) is 0 Å². The van der Waals surface area contributed by atoms with Crippen LogP contribution >= 0.6 is 0 Å². The molecule has 0 aromatic heterocycles. The maximum Gasteiger partial charge on any atom is 0.224 e. The van der Waals surface area contributed by atoms with Crippen molar-refractivity contribution in [2.75, 3.05) is 13.6 Å². The number of carbonyl (C=O) groups excluding carboxylic acids is 1. The van der Waals surface area contributed by atoms with Gasteiger partial charge in [-0.1, -0.05) is 6.42 Å². The number of nitrogens with two attached hydrogens (primary N) is 1. The summed E-state index contributed by atoms with van der Waals surface area (Å²) in [5.74, 6) is 0.283. The molecule has 0 spiro atoms. The Morgan fingerprint density at radius 2 is 1.82 bits per heavy atom. The third kappa shape index (κ3) is 1.97. The highest BCUT2D eigenvalue weighted by atomic mass is 16.2. The minimum absolute atomic E-state index is 0.0713. The molecule has 3 saturated heterocycles. The highest BCUT2D eigenvalue weighted by Gasteiger charge is 2.41. The number of hydrogen-bond acceptors (Lipinski definition) is 3. The van der Waals surface area contributed by atoms with E-state index in [0.717, 1.165) is 19.4 Å². The van der Waals surface area contributed by atoms with Gasteiger partial charge in [0.1, 0.15) is 0 Å². The highest BCUT2D eigenvalue weighted by molar-refractivity contribution is 5.79. The summed E-state index contributed by atoms with van der Waals surface area (Å²) >= 11 is 0. The summed E-state index contributed by atoms with van der Waals surface area (Å²) in [5, 5.41) is 0. The second-order valence-electron chi connectivity index (χ2n) is 6.04. The largest absolute Gasteiger partial charge is 0.338 e. The van der Waals surface area contributed by atoms with Gasteiger partial charge in [0.25, 0.3) is 0 Å². The van der Waals surface area contributed by atoms with Crippen LogP contribution in [0.3, 0.4) is 0 Å². The number of hydrogen-bond donors (Lipinski definition) is 1. The van der Waals surface area contributed by atoms with Gasteiger partial charge in [0.05, 0.1) is 0 Å². The maximum absolute atomic E-state index is 11.9. The molecule has 0 saturated carbocycles. The van der Waals surface area contributed by atoms with E-state index in [2.05, 4.69) is 16.8 Å². The molecule has 0 radical (unpaired) electrons. The molecule has 3 fully saturated rings. The Balaban J connectivity index is 1.71. The van der Waals surface area contributed by atoms with E-state index in [1.807, 2.05) is 0 Å². The molecule has 0 aromatic carbocycles. The Labute approximate surface area is 103 Å². The molecular formula is C13H23N3O. The van der Waals surface area contributed by atoms with E-state index >= 15 is 0 Å². The lowest BCUT2D eigenvalue weighted by molar-refractivity contribution is -0.131. The zero-order valence-corrected chi connectivity index (χ0v) is 10.6. The SMILES string of the molecule is CN1C2CCCC1CC(N1CC(N)CC1=O)C2. The minimum atomic E-state index is 0.0713. The average molecular weight is 237 g/mol. The molecule has 17 heavy (non-hydrogen) atoms. The summed E-state index contributed by atoms with van der Waals surface area (Å²) in [6.45, 7) is 0.784. The third-order valence-electron chi connectivity index (χ3n) is 4.94. The Hall–Kier alpha value is -0.610. The predicted molar refractivity (Wildman–Crippen MR) is 66.5 cm³/mol. The van der Waals surface area contributed by atoms with E-state index < -0.39 is 0 Å². The fraction of sp³-hybridized carbons (Fsp3) is 0.923. The molecule has 96 valence electrons. The van der Waals surface area contributed by atoms with Crippen LogP contribution in [0.1, 0.15) is 38.5 Å². The average Bonchev–Trinajstić information content (AvgIpc) is 2.57. The van der Waals surface area contributed by atoms with Crippen molar-refractivity contribution in [2.45, 2.75) is 62.7 Å². The van der Waals surface area contributed by atoms with Crippen LogP contribution in [-0.4, -0.2) is 53.5 Å². The zero-order chi connectivity index (χ0) is 12.0. The first-order valence-corrected chi connectivity index (χ1v) is 6.92. The van der Waals surface area contributed by atoms with Crippen LogP contribution in [0.5, 0.6) is 0 Å². The van der Waals surface area contributed by atoms with Gasteiger partial charge in [-0.15, -0.1) is 0 Å². The van der Waals surface area contributed by atoms with Crippen LogP contribution < -0.4 is 5.73 Å². The van der Waals surface area contributed by atoms with Crippen molar-refractivity contribution in [2.24, 2.45) is 5.73 Å². The Morgan fingerprint density at radius 3 is 2.35 bits per heavy atom. The molecular weight excluding hydrogens is 214 g/mol. The van der Waals surface area contributed by atoms with E-state index in [0.29, 0.717) is 24.5 Å². The zero-order valence-electron chi connectivity index (χ0n) is 10.6. The Kier molecular flexibility index (Phi) is 2.87. The van der Waals surface area contributed by atoms with E-state index in [9.17, 15) is 4.79 Å². The van der Waals surface area contributed by atoms with Crippen molar-refractivity contribution in [1.29, 1.82) is 0 Å². The molecule has 0 aromatic rings. The summed E-state index contributed by atoms with van der Waals surface area (Å²) in [6, 6.07) is 1.92. The fourth-order valence-electron chi connectivity index (χ4n) is 3.95. The number of likely N-dealkylation sites (tertiary alicyclic amines) is 1. The van der Waals surface area contributed by atoms with Crippen LogP contribution in [-0.2, 0) is 4.79 Å². The van der Waals surface area contributed by atoms with Gasteiger partial charge in [-0.05, 0) is 32.7 Å².